The smallest absolute Gasteiger partial charge is 0.282 e. The molecule has 0 aliphatic heterocycles. The van der Waals surface area contributed by atoms with Gasteiger partial charge in [0, 0.05) is 33.0 Å². The second-order valence-electron chi connectivity index (χ2n) is 8.71. The number of benzene rings is 2. The average Bonchev–Trinajstić information content (AvgIpc) is 3.14. The van der Waals surface area contributed by atoms with Crippen molar-refractivity contribution in [2.24, 2.45) is 10.8 Å². The Morgan fingerprint density at radius 1 is 1.19 bits per heavy atom. The second kappa shape index (κ2) is 10.5. The van der Waals surface area contributed by atoms with Gasteiger partial charge in [-0.25, -0.2) is 4.98 Å². The first-order valence-electron chi connectivity index (χ1n) is 11.7. The summed E-state index contributed by atoms with van der Waals surface area (Å²) in [5, 5.41) is 5.12. The van der Waals surface area contributed by atoms with Crippen molar-refractivity contribution in [2.45, 2.75) is 40.0 Å². The van der Waals surface area contributed by atoms with Crippen molar-refractivity contribution < 1.29 is 9.53 Å². The van der Waals surface area contributed by atoms with Gasteiger partial charge in [-0.2, -0.15) is 9.78 Å². The molecule has 1 amide bonds. The van der Waals surface area contributed by atoms with E-state index in [9.17, 15) is 9.59 Å². The predicted molar refractivity (Wildman–Crippen MR) is 145 cm³/mol. The molecule has 0 aliphatic carbocycles. The molecule has 0 saturated carbocycles. The van der Waals surface area contributed by atoms with Gasteiger partial charge in [-0.15, -0.1) is 0 Å². The Hall–Kier alpha value is -3.72. The van der Waals surface area contributed by atoms with Crippen LogP contribution in [0.3, 0.4) is 0 Å². The molecule has 2 aromatic carbocycles. The van der Waals surface area contributed by atoms with Crippen LogP contribution in [0.1, 0.15) is 49.0 Å². The SMILES string of the molecule is CC[C@H](C)c1nc2ccc(Br)cc2c(=O)n1N=Cc1cc(C)n(-c2ccc(OCC(N)=O)cc2)c1C. The third-order valence-electron chi connectivity index (χ3n) is 6.15. The summed E-state index contributed by atoms with van der Waals surface area (Å²) in [6.07, 6.45) is 2.54. The van der Waals surface area contributed by atoms with Crippen LogP contribution in [0.15, 0.2) is 62.9 Å². The van der Waals surface area contributed by atoms with Crippen molar-refractivity contribution in [3.63, 3.8) is 0 Å². The fourth-order valence-corrected chi connectivity index (χ4v) is 4.42. The minimum atomic E-state index is -0.523. The standard InChI is InChI=1S/C27H28BrN5O3/c1-5-16(2)26-31-24-11-6-20(28)13-23(24)27(35)33(26)30-14-19-12-17(3)32(18(19)4)21-7-9-22(10-8-21)36-15-25(29)34/h6-14,16H,5,15H2,1-4H3,(H2,29,34)/t16-/m0/s1. The van der Waals surface area contributed by atoms with E-state index in [1.807, 2.05) is 51.1 Å². The summed E-state index contributed by atoms with van der Waals surface area (Å²) in [5.74, 6) is 0.735. The van der Waals surface area contributed by atoms with E-state index in [0.717, 1.165) is 33.5 Å². The van der Waals surface area contributed by atoms with E-state index in [0.29, 0.717) is 22.5 Å². The van der Waals surface area contributed by atoms with E-state index in [1.54, 1.807) is 24.4 Å². The van der Waals surface area contributed by atoms with Crippen LogP contribution in [0.2, 0.25) is 0 Å². The maximum absolute atomic E-state index is 13.4. The molecule has 0 aliphatic rings. The molecular formula is C27H28BrN5O3. The number of carbonyl (C=O) groups excluding carboxylic acids is 1. The molecule has 36 heavy (non-hydrogen) atoms. The number of nitrogens with two attached hydrogens (primary N) is 1. The number of carbonyl (C=O) groups is 1. The van der Waals surface area contributed by atoms with E-state index in [4.69, 9.17) is 15.5 Å². The summed E-state index contributed by atoms with van der Waals surface area (Å²) in [6, 6.07) is 14.9. The molecule has 2 aromatic heterocycles. The number of aromatic nitrogens is 3. The van der Waals surface area contributed by atoms with Gasteiger partial charge in [-0.3, -0.25) is 9.59 Å². The van der Waals surface area contributed by atoms with Crippen LogP contribution in [0.4, 0.5) is 0 Å². The molecule has 9 heteroatoms. The minimum Gasteiger partial charge on any atom is -0.484 e. The van der Waals surface area contributed by atoms with Gasteiger partial charge in [0.05, 0.1) is 17.1 Å². The van der Waals surface area contributed by atoms with Gasteiger partial charge in [0.1, 0.15) is 11.6 Å². The zero-order valence-corrected chi connectivity index (χ0v) is 22.2. The van der Waals surface area contributed by atoms with Crippen molar-refractivity contribution >= 4 is 39.0 Å². The quantitative estimate of drug-likeness (QED) is 0.318. The highest BCUT2D eigenvalue weighted by Crippen LogP contribution is 2.23. The Morgan fingerprint density at radius 2 is 1.92 bits per heavy atom. The topological polar surface area (TPSA) is 104 Å². The summed E-state index contributed by atoms with van der Waals surface area (Å²) in [7, 11) is 0. The number of hydrogen-bond donors (Lipinski definition) is 1. The van der Waals surface area contributed by atoms with Gasteiger partial charge in [0.2, 0.25) is 0 Å². The lowest BCUT2D eigenvalue weighted by Crippen LogP contribution is -2.23. The van der Waals surface area contributed by atoms with Crippen molar-refractivity contribution in [2.75, 3.05) is 6.61 Å². The summed E-state index contributed by atoms with van der Waals surface area (Å²) in [4.78, 5) is 29.1. The van der Waals surface area contributed by atoms with Crippen molar-refractivity contribution in [1.82, 2.24) is 14.2 Å². The molecule has 0 radical (unpaired) electrons. The summed E-state index contributed by atoms with van der Waals surface area (Å²) in [5.41, 5.74) is 9.40. The molecule has 0 saturated heterocycles. The Bertz CT molecular complexity index is 1520. The average molecular weight is 550 g/mol. The van der Waals surface area contributed by atoms with Crippen LogP contribution >= 0.6 is 15.9 Å². The molecule has 4 rings (SSSR count). The zero-order chi connectivity index (χ0) is 26.0. The monoisotopic (exact) mass is 549 g/mol. The van der Waals surface area contributed by atoms with E-state index < -0.39 is 5.91 Å². The van der Waals surface area contributed by atoms with Crippen LogP contribution in [0, 0.1) is 13.8 Å². The highest BCUT2D eigenvalue weighted by atomic mass is 79.9. The minimum absolute atomic E-state index is 0.0608. The maximum Gasteiger partial charge on any atom is 0.282 e. The molecule has 4 aromatic rings. The molecule has 0 spiro atoms. The number of nitrogens with zero attached hydrogens (tertiary/aromatic N) is 4. The highest BCUT2D eigenvalue weighted by Gasteiger charge is 2.16. The zero-order valence-electron chi connectivity index (χ0n) is 20.7. The second-order valence-corrected chi connectivity index (χ2v) is 9.63. The maximum atomic E-state index is 13.4. The fourth-order valence-electron chi connectivity index (χ4n) is 4.06. The molecule has 0 fully saturated rings. The van der Waals surface area contributed by atoms with Crippen molar-refractivity contribution in [1.29, 1.82) is 0 Å². The Labute approximate surface area is 217 Å². The van der Waals surface area contributed by atoms with Gasteiger partial charge in [-0.05, 0) is 68.8 Å². The number of halogens is 1. The largest absolute Gasteiger partial charge is 0.484 e. The van der Waals surface area contributed by atoms with Gasteiger partial charge in [0.25, 0.3) is 11.5 Å². The third kappa shape index (κ3) is 5.11. The van der Waals surface area contributed by atoms with Crippen LogP contribution in [-0.2, 0) is 4.79 Å². The number of fused-ring (bicyclic) bond motifs is 1. The Morgan fingerprint density at radius 3 is 2.58 bits per heavy atom. The number of hydrogen-bond acceptors (Lipinski definition) is 5. The van der Waals surface area contributed by atoms with Gasteiger partial charge in [0.15, 0.2) is 6.61 Å². The van der Waals surface area contributed by atoms with Crippen molar-refractivity contribution in [3.05, 3.63) is 86.1 Å². The Balaban J connectivity index is 1.73. The van der Waals surface area contributed by atoms with Crippen LogP contribution in [0.25, 0.3) is 16.6 Å². The van der Waals surface area contributed by atoms with E-state index in [2.05, 4.69) is 32.5 Å². The van der Waals surface area contributed by atoms with Gasteiger partial charge in [-0.1, -0.05) is 29.8 Å². The van der Waals surface area contributed by atoms with Gasteiger partial charge < -0.3 is 15.0 Å². The normalized spacial score (nSPS) is 12.4. The molecule has 0 bridgehead atoms. The molecule has 8 nitrogen and oxygen atoms in total. The van der Waals surface area contributed by atoms with Crippen molar-refractivity contribution in [3.8, 4) is 11.4 Å². The number of ether oxygens (including phenoxy) is 1. The summed E-state index contributed by atoms with van der Waals surface area (Å²) < 4.78 is 9.68. The lowest BCUT2D eigenvalue weighted by Gasteiger charge is -2.14. The van der Waals surface area contributed by atoms with Gasteiger partial charge >= 0.3 is 0 Å². The van der Waals surface area contributed by atoms with E-state index in [-0.39, 0.29) is 18.1 Å². The fraction of sp³-hybridized carbons (Fsp3) is 0.259. The number of amides is 1. The van der Waals surface area contributed by atoms with Crippen LogP contribution in [-0.4, -0.2) is 33.0 Å². The summed E-state index contributed by atoms with van der Waals surface area (Å²) in [6.45, 7) is 7.95. The molecule has 1 atom stereocenters. The van der Waals surface area contributed by atoms with E-state index in [1.165, 1.54) is 4.68 Å². The lowest BCUT2D eigenvalue weighted by molar-refractivity contribution is -0.119. The predicted octanol–water partition coefficient (Wildman–Crippen LogP) is 4.83. The van der Waals surface area contributed by atoms with Crippen LogP contribution in [0.5, 0.6) is 5.75 Å². The number of rotatable bonds is 8. The number of aryl methyl sites for hydroxylation is 1. The highest BCUT2D eigenvalue weighted by molar-refractivity contribution is 9.10. The first kappa shape index (κ1) is 25.4. The summed E-state index contributed by atoms with van der Waals surface area (Å²) >= 11 is 3.44. The van der Waals surface area contributed by atoms with Crippen LogP contribution < -0.4 is 16.0 Å². The third-order valence-corrected chi connectivity index (χ3v) is 6.64. The van der Waals surface area contributed by atoms with E-state index >= 15 is 0 Å². The molecule has 186 valence electrons. The molecular weight excluding hydrogens is 522 g/mol. The lowest BCUT2D eigenvalue weighted by atomic mass is 10.1. The molecule has 2 heterocycles. The number of primary amides is 1. The molecule has 0 unspecified atom stereocenters. The molecule has 2 N–H and O–H groups in total. The Kier molecular flexibility index (Phi) is 7.40. The first-order valence-corrected chi connectivity index (χ1v) is 12.5. The first-order chi connectivity index (χ1) is 17.2.